The molecule has 0 radical (unpaired) electrons. The lowest BCUT2D eigenvalue weighted by Gasteiger charge is -2.27. The molecule has 0 bridgehead atoms. The summed E-state index contributed by atoms with van der Waals surface area (Å²) in [5.41, 5.74) is 0.552. The fraction of sp³-hybridized carbons (Fsp3) is 0.235. The monoisotopic (exact) mass is 343 g/mol. The van der Waals surface area contributed by atoms with Gasteiger partial charge in [0.1, 0.15) is 12.7 Å². The highest BCUT2D eigenvalue weighted by molar-refractivity contribution is 6.00. The first-order chi connectivity index (χ1) is 12.1. The Balaban J connectivity index is 1.73. The van der Waals surface area contributed by atoms with Gasteiger partial charge in [-0.2, -0.15) is 0 Å². The minimum Gasteiger partial charge on any atom is -0.486 e. The van der Waals surface area contributed by atoms with Gasteiger partial charge in [0.05, 0.1) is 17.0 Å². The molecule has 0 fully saturated rings. The van der Waals surface area contributed by atoms with Crippen LogP contribution in [0.4, 0.5) is 11.4 Å². The third-order valence-electron chi connectivity index (χ3n) is 3.77. The first-order valence-electron chi connectivity index (χ1n) is 7.71. The molecule has 2 aromatic carbocycles. The Bertz CT molecular complexity index is 809. The minimum atomic E-state index is -0.536. The van der Waals surface area contributed by atoms with Gasteiger partial charge in [-0.15, -0.1) is 0 Å². The number of anilines is 1. The maximum atomic E-state index is 12.0. The molecule has 0 saturated carbocycles. The Morgan fingerprint density at radius 1 is 1.28 bits per heavy atom. The van der Waals surface area contributed by atoms with Crippen molar-refractivity contribution in [3.05, 3.63) is 58.1 Å². The second kappa shape index (κ2) is 7.08. The lowest BCUT2D eigenvalue weighted by atomic mass is 10.1. The smallest absolute Gasteiger partial charge is 0.270 e. The van der Waals surface area contributed by atoms with Gasteiger partial charge < -0.3 is 20.1 Å². The molecule has 0 aromatic heterocycles. The molecule has 1 heterocycles. The molecular weight excluding hydrogens is 326 g/mol. The first-order valence-corrected chi connectivity index (χ1v) is 7.71. The highest BCUT2D eigenvalue weighted by Crippen LogP contribution is 2.31. The van der Waals surface area contributed by atoms with Crippen LogP contribution in [0.1, 0.15) is 10.4 Å². The molecule has 0 saturated heterocycles. The van der Waals surface area contributed by atoms with E-state index in [2.05, 4.69) is 10.6 Å². The molecule has 1 unspecified atom stereocenters. The van der Waals surface area contributed by atoms with Crippen LogP contribution >= 0.6 is 0 Å². The van der Waals surface area contributed by atoms with Crippen molar-refractivity contribution in [3.8, 4) is 11.5 Å². The fourth-order valence-corrected chi connectivity index (χ4v) is 2.51. The quantitative estimate of drug-likeness (QED) is 0.637. The third kappa shape index (κ3) is 3.63. The van der Waals surface area contributed by atoms with Crippen molar-refractivity contribution in [3.63, 3.8) is 0 Å². The molecule has 1 atom stereocenters. The number of nitro benzene ring substituents is 1. The number of amides is 1. The molecule has 3 rings (SSSR count). The lowest BCUT2D eigenvalue weighted by Crippen LogP contribution is -2.35. The molecule has 2 N–H and O–H groups in total. The second-order valence-corrected chi connectivity index (χ2v) is 5.44. The Hall–Kier alpha value is -3.29. The third-order valence-corrected chi connectivity index (χ3v) is 3.77. The van der Waals surface area contributed by atoms with Crippen molar-refractivity contribution in [2.24, 2.45) is 0 Å². The number of carbonyl (C=O) groups is 1. The van der Waals surface area contributed by atoms with E-state index in [4.69, 9.17) is 9.47 Å². The Morgan fingerprint density at radius 2 is 2.04 bits per heavy atom. The van der Waals surface area contributed by atoms with Crippen LogP contribution in [0.3, 0.4) is 0 Å². The van der Waals surface area contributed by atoms with Crippen LogP contribution in [0.15, 0.2) is 42.5 Å². The number of ether oxygens (including phenoxy) is 2. The summed E-state index contributed by atoms with van der Waals surface area (Å²) < 4.78 is 11.5. The molecule has 0 spiro atoms. The molecule has 8 heteroatoms. The number of carbonyl (C=O) groups excluding carboxylic acids is 1. The maximum Gasteiger partial charge on any atom is 0.270 e. The number of hydrogen-bond acceptors (Lipinski definition) is 6. The second-order valence-electron chi connectivity index (χ2n) is 5.44. The summed E-state index contributed by atoms with van der Waals surface area (Å²) in [6.07, 6.45) is -0.248. The van der Waals surface area contributed by atoms with Crippen LogP contribution in [-0.2, 0) is 0 Å². The van der Waals surface area contributed by atoms with E-state index >= 15 is 0 Å². The number of hydrogen-bond donors (Lipinski definition) is 2. The van der Waals surface area contributed by atoms with Crippen LogP contribution in [0, 0.1) is 10.1 Å². The number of nitrogens with one attached hydrogen (secondary N) is 2. The van der Waals surface area contributed by atoms with Gasteiger partial charge in [0.15, 0.2) is 11.5 Å². The van der Waals surface area contributed by atoms with Gasteiger partial charge in [-0.05, 0) is 18.2 Å². The van der Waals surface area contributed by atoms with E-state index < -0.39 is 10.8 Å². The van der Waals surface area contributed by atoms with Gasteiger partial charge >= 0.3 is 0 Å². The van der Waals surface area contributed by atoms with Crippen molar-refractivity contribution in [1.29, 1.82) is 0 Å². The predicted octanol–water partition coefficient (Wildman–Crippen LogP) is 2.21. The maximum absolute atomic E-state index is 12.0. The van der Waals surface area contributed by atoms with E-state index in [1.165, 1.54) is 25.2 Å². The van der Waals surface area contributed by atoms with Gasteiger partial charge in [-0.1, -0.05) is 12.1 Å². The zero-order valence-corrected chi connectivity index (χ0v) is 13.5. The van der Waals surface area contributed by atoms with Crippen LogP contribution in [0.5, 0.6) is 11.5 Å². The van der Waals surface area contributed by atoms with Crippen molar-refractivity contribution in [1.82, 2.24) is 5.32 Å². The summed E-state index contributed by atoms with van der Waals surface area (Å²) in [4.78, 5) is 22.4. The largest absolute Gasteiger partial charge is 0.486 e. The Labute approximate surface area is 143 Å². The molecule has 0 aliphatic carbocycles. The highest BCUT2D eigenvalue weighted by atomic mass is 16.6. The van der Waals surface area contributed by atoms with Gasteiger partial charge in [0.25, 0.3) is 11.6 Å². The number of fused-ring (bicyclic) bond motifs is 1. The van der Waals surface area contributed by atoms with Crippen molar-refractivity contribution >= 4 is 17.3 Å². The first kappa shape index (κ1) is 16.6. The molecule has 130 valence electrons. The summed E-state index contributed by atoms with van der Waals surface area (Å²) in [5, 5.41) is 16.5. The molecular formula is C17H17N3O5. The molecule has 25 heavy (non-hydrogen) atoms. The zero-order chi connectivity index (χ0) is 17.8. The van der Waals surface area contributed by atoms with E-state index in [0.29, 0.717) is 30.3 Å². The summed E-state index contributed by atoms with van der Waals surface area (Å²) in [6, 6.07) is 11.5. The van der Waals surface area contributed by atoms with Gasteiger partial charge in [-0.3, -0.25) is 14.9 Å². The number of nitrogens with zero attached hydrogens (tertiary/aromatic N) is 1. The summed E-state index contributed by atoms with van der Waals surface area (Å²) in [7, 11) is 1.47. The number of rotatable bonds is 5. The molecule has 1 amide bonds. The van der Waals surface area contributed by atoms with E-state index in [-0.39, 0.29) is 17.4 Å². The SMILES string of the molecule is CNC(=O)c1cc([N+](=O)[O-])ccc1NCC1COc2ccccc2O1. The number of para-hydroxylation sites is 2. The molecule has 1 aliphatic heterocycles. The average Bonchev–Trinajstić information content (AvgIpc) is 2.65. The van der Waals surface area contributed by atoms with Crippen molar-refractivity contribution in [2.45, 2.75) is 6.10 Å². The summed E-state index contributed by atoms with van der Waals surface area (Å²) in [5.74, 6) is 0.952. The molecule has 8 nitrogen and oxygen atoms in total. The topological polar surface area (TPSA) is 103 Å². The average molecular weight is 343 g/mol. The van der Waals surface area contributed by atoms with E-state index in [1.807, 2.05) is 24.3 Å². The van der Waals surface area contributed by atoms with Crippen LogP contribution in [0.2, 0.25) is 0 Å². The van der Waals surface area contributed by atoms with Gasteiger partial charge in [0.2, 0.25) is 0 Å². The van der Waals surface area contributed by atoms with Gasteiger partial charge in [0, 0.05) is 24.9 Å². The molecule has 2 aromatic rings. The van der Waals surface area contributed by atoms with Crippen LogP contribution in [-0.4, -0.2) is 37.1 Å². The number of non-ortho nitro benzene ring substituents is 1. The minimum absolute atomic E-state index is 0.143. The van der Waals surface area contributed by atoms with E-state index in [1.54, 1.807) is 0 Å². The van der Waals surface area contributed by atoms with E-state index in [9.17, 15) is 14.9 Å². The highest BCUT2D eigenvalue weighted by Gasteiger charge is 2.22. The predicted molar refractivity (Wildman–Crippen MR) is 91.3 cm³/mol. The number of benzene rings is 2. The summed E-state index contributed by atoms with van der Waals surface area (Å²) in [6.45, 7) is 0.752. The standard InChI is InChI=1S/C17H17N3O5/c1-18-17(21)13-8-11(20(22)23)6-7-14(13)19-9-12-10-24-15-4-2-3-5-16(15)25-12/h2-8,12,19H,9-10H2,1H3,(H,18,21). The van der Waals surface area contributed by atoms with Crippen LogP contribution < -0.4 is 20.1 Å². The fourth-order valence-electron chi connectivity index (χ4n) is 2.51. The number of nitro groups is 1. The van der Waals surface area contributed by atoms with Gasteiger partial charge in [-0.25, -0.2) is 0 Å². The Kier molecular flexibility index (Phi) is 4.69. The zero-order valence-electron chi connectivity index (χ0n) is 13.5. The van der Waals surface area contributed by atoms with Crippen molar-refractivity contribution < 1.29 is 19.2 Å². The summed E-state index contributed by atoms with van der Waals surface area (Å²) >= 11 is 0. The van der Waals surface area contributed by atoms with Crippen LogP contribution in [0.25, 0.3) is 0 Å². The normalized spacial score (nSPS) is 15.3. The van der Waals surface area contributed by atoms with E-state index in [0.717, 1.165) is 0 Å². The Morgan fingerprint density at radius 3 is 2.76 bits per heavy atom. The van der Waals surface area contributed by atoms with Crippen molar-refractivity contribution in [2.75, 3.05) is 25.5 Å². The molecule has 1 aliphatic rings. The lowest BCUT2D eigenvalue weighted by molar-refractivity contribution is -0.384.